The summed E-state index contributed by atoms with van der Waals surface area (Å²) in [4.78, 5) is 21.5. The van der Waals surface area contributed by atoms with Crippen molar-refractivity contribution in [1.29, 1.82) is 0 Å². The van der Waals surface area contributed by atoms with Crippen LogP contribution in [0.4, 0.5) is 0 Å². The van der Waals surface area contributed by atoms with Gasteiger partial charge in [-0.1, -0.05) is 35.5 Å². The summed E-state index contributed by atoms with van der Waals surface area (Å²) in [6.07, 6.45) is 3.63. The Bertz CT molecular complexity index is 900. The summed E-state index contributed by atoms with van der Waals surface area (Å²) in [6, 6.07) is 13.8. The second kappa shape index (κ2) is 7.72. The van der Waals surface area contributed by atoms with Gasteiger partial charge in [-0.3, -0.25) is 14.7 Å². The highest BCUT2D eigenvalue weighted by Crippen LogP contribution is 2.26. The van der Waals surface area contributed by atoms with Gasteiger partial charge in [-0.15, -0.1) is 0 Å². The third-order valence-electron chi connectivity index (χ3n) is 4.94. The van der Waals surface area contributed by atoms with Gasteiger partial charge in [-0.2, -0.15) is 0 Å². The van der Waals surface area contributed by atoms with Crippen molar-refractivity contribution in [2.75, 3.05) is 26.2 Å². The summed E-state index contributed by atoms with van der Waals surface area (Å²) in [5, 5.41) is 4.13. The smallest absolute Gasteiger partial charge is 0.259 e. The minimum Gasteiger partial charge on any atom is -0.360 e. The Labute approximate surface area is 158 Å². The number of nitrogens with zero attached hydrogens (tertiary/aromatic N) is 4. The lowest BCUT2D eigenvalue weighted by Crippen LogP contribution is -2.48. The number of carbonyl (C=O) groups excluding carboxylic acids is 1. The highest BCUT2D eigenvalue weighted by molar-refractivity contribution is 6.00. The number of piperazine rings is 1. The van der Waals surface area contributed by atoms with E-state index in [1.165, 1.54) is 5.56 Å². The first-order valence-corrected chi connectivity index (χ1v) is 9.14. The normalized spacial score (nSPS) is 15.1. The average molecular weight is 362 g/mol. The van der Waals surface area contributed by atoms with Gasteiger partial charge in [0.2, 0.25) is 0 Å². The van der Waals surface area contributed by atoms with Crippen LogP contribution < -0.4 is 0 Å². The molecule has 0 aliphatic carbocycles. The van der Waals surface area contributed by atoms with Gasteiger partial charge >= 0.3 is 0 Å². The lowest BCUT2D eigenvalue weighted by atomic mass is 10.0. The number of amides is 1. The molecule has 0 radical (unpaired) electrons. The van der Waals surface area contributed by atoms with E-state index >= 15 is 0 Å². The molecule has 2 aromatic heterocycles. The van der Waals surface area contributed by atoms with E-state index in [9.17, 15) is 4.79 Å². The van der Waals surface area contributed by atoms with Crippen molar-refractivity contribution in [3.05, 3.63) is 71.7 Å². The monoisotopic (exact) mass is 362 g/mol. The van der Waals surface area contributed by atoms with Gasteiger partial charge in [0.15, 0.2) is 0 Å². The molecule has 6 nitrogen and oxygen atoms in total. The van der Waals surface area contributed by atoms with Crippen LogP contribution in [0.1, 0.15) is 21.7 Å². The second-order valence-electron chi connectivity index (χ2n) is 6.75. The number of hydrogen-bond acceptors (Lipinski definition) is 5. The standard InChI is InChI=1S/C21H22N4O2/c1-16-19(20(23-27-16)18-5-3-2-4-6-18)21(26)25-13-11-24(12-14-25)15-17-7-9-22-10-8-17/h2-10H,11-15H2,1H3. The molecule has 0 atom stereocenters. The van der Waals surface area contributed by atoms with Crippen molar-refractivity contribution >= 4 is 5.91 Å². The van der Waals surface area contributed by atoms with Crippen molar-refractivity contribution in [3.63, 3.8) is 0 Å². The molecule has 3 aromatic rings. The Hall–Kier alpha value is -2.99. The third kappa shape index (κ3) is 3.75. The molecule has 0 unspecified atom stereocenters. The Morgan fingerprint density at radius 3 is 2.44 bits per heavy atom. The van der Waals surface area contributed by atoms with Gasteiger partial charge in [-0.25, -0.2) is 0 Å². The maximum absolute atomic E-state index is 13.1. The quantitative estimate of drug-likeness (QED) is 0.714. The lowest BCUT2D eigenvalue weighted by molar-refractivity contribution is 0.0627. The minimum absolute atomic E-state index is 0.00355. The molecule has 0 N–H and O–H groups in total. The molecule has 1 amide bonds. The van der Waals surface area contributed by atoms with Gasteiger partial charge < -0.3 is 9.42 Å². The molecule has 4 rings (SSSR count). The van der Waals surface area contributed by atoms with Crippen LogP contribution in [0.5, 0.6) is 0 Å². The predicted molar refractivity (Wildman–Crippen MR) is 102 cm³/mol. The van der Waals surface area contributed by atoms with Crippen molar-refractivity contribution in [2.45, 2.75) is 13.5 Å². The van der Waals surface area contributed by atoms with Crippen LogP contribution in [0.15, 0.2) is 59.4 Å². The molecule has 0 saturated carbocycles. The van der Waals surface area contributed by atoms with E-state index < -0.39 is 0 Å². The number of hydrogen-bond donors (Lipinski definition) is 0. The fourth-order valence-electron chi connectivity index (χ4n) is 3.43. The molecular weight excluding hydrogens is 340 g/mol. The van der Waals surface area contributed by atoms with E-state index in [1.807, 2.05) is 59.8 Å². The highest BCUT2D eigenvalue weighted by Gasteiger charge is 2.28. The molecule has 1 aliphatic heterocycles. The molecule has 1 aromatic carbocycles. The SMILES string of the molecule is Cc1onc(-c2ccccc2)c1C(=O)N1CCN(Cc2ccncc2)CC1. The number of pyridine rings is 1. The molecule has 6 heteroatoms. The molecule has 0 spiro atoms. The van der Waals surface area contributed by atoms with Crippen LogP contribution in [-0.2, 0) is 6.54 Å². The van der Waals surface area contributed by atoms with E-state index in [2.05, 4.69) is 15.0 Å². The number of aryl methyl sites for hydroxylation is 1. The maximum Gasteiger partial charge on any atom is 0.259 e. The van der Waals surface area contributed by atoms with Gasteiger partial charge in [0.25, 0.3) is 5.91 Å². The minimum atomic E-state index is -0.00355. The van der Waals surface area contributed by atoms with Gasteiger partial charge in [0.05, 0.1) is 0 Å². The lowest BCUT2D eigenvalue weighted by Gasteiger charge is -2.34. The first kappa shape index (κ1) is 17.4. The molecule has 1 saturated heterocycles. The fourth-order valence-corrected chi connectivity index (χ4v) is 3.43. The Morgan fingerprint density at radius 2 is 1.74 bits per heavy atom. The topological polar surface area (TPSA) is 62.5 Å². The maximum atomic E-state index is 13.1. The Morgan fingerprint density at radius 1 is 1.04 bits per heavy atom. The van der Waals surface area contributed by atoms with Gasteiger partial charge in [0, 0.05) is 50.7 Å². The van der Waals surface area contributed by atoms with Crippen molar-refractivity contribution in [3.8, 4) is 11.3 Å². The second-order valence-corrected chi connectivity index (χ2v) is 6.75. The third-order valence-corrected chi connectivity index (χ3v) is 4.94. The number of benzene rings is 1. The van der Waals surface area contributed by atoms with Crippen LogP contribution in [0, 0.1) is 6.92 Å². The van der Waals surface area contributed by atoms with Crippen molar-refractivity contribution in [2.24, 2.45) is 0 Å². The summed E-state index contributed by atoms with van der Waals surface area (Å²) in [7, 11) is 0. The zero-order valence-corrected chi connectivity index (χ0v) is 15.3. The van der Waals surface area contributed by atoms with E-state index in [0.29, 0.717) is 30.1 Å². The van der Waals surface area contributed by atoms with Crippen LogP contribution in [-0.4, -0.2) is 52.0 Å². The summed E-state index contributed by atoms with van der Waals surface area (Å²) < 4.78 is 5.35. The molecule has 138 valence electrons. The van der Waals surface area contributed by atoms with E-state index in [4.69, 9.17) is 4.52 Å². The largest absolute Gasteiger partial charge is 0.360 e. The Balaban J connectivity index is 1.45. The van der Waals surface area contributed by atoms with Crippen LogP contribution in [0.2, 0.25) is 0 Å². The van der Waals surface area contributed by atoms with E-state index in [0.717, 1.165) is 25.2 Å². The van der Waals surface area contributed by atoms with E-state index in [1.54, 1.807) is 6.92 Å². The predicted octanol–water partition coefficient (Wildman–Crippen LogP) is 3.00. The average Bonchev–Trinajstić information content (AvgIpc) is 3.11. The van der Waals surface area contributed by atoms with Crippen molar-refractivity contribution < 1.29 is 9.32 Å². The molecule has 3 heterocycles. The van der Waals surface area contributed by atoms with Gasteiger partial charge in [-0.05, 0) is 24.6 Å². The molecule has 1 fully saturated rings. The molecule has 0 bridgehead atoms. The van der Waals surface area contributed by atoms with Gasteiger partial charge in [0.1, 0.15) is 17.0 Å². The molecule has 27 heavy (non-hydrogen) atoms. The molecule has 1 aliphatic rings. The summed E-state index contributed by atoms with van der Waals surface area (Å²) in [6.45, 7) is 5.77. The van der Waals surface area contributed by atoms with Crippen LogP contribution >= 0.6 is 0 Å². The zero-order chi connectivity index (χ0) is 18.6. The first-order valence-electron chi connectivity index (χ1n) is 9.14. The van der Waals surface area contributed by atoms with E-state index in [-0.39, 0.29) is 5.91 Å². The highest BCUT2D eigenvalue weighted by atomic mass is 16.5. The van der Waals surface area contributed by atoms with Crippen LogP contribution in [0.3, 0.4) is 0 Å². The molecular formula is C21H22N4O2. The fraction of sp³-hybridized carbons (Fsp3) is 0.286. The summed E-state index contributed by atoms with van der Waals surface area (Å²) in [5.41, 5.74) is 3.33. The number of carbonyl (C=O) groups is 1. The number of rotatable bonds is 4. The van der Waals surface area contributed by atoms with Crippen molar-refractivity contribution in [1.82, 2.24) is 19.9 Å². The zero-order valence-electron chi connectivity index (χ0n) is 15.3. The first-order chi connectivity index (χ1) is 13.2. The van der Waals surface area contributed by atoms with Crippen LogP contribution in [0.25, 0.3) is 11.3 Å². The Kier molecular flexibility index (Phi) is 4.98. The number of aromatic nitrogens is 2. The summed E-state index contributed by atoms with van der Waals surface area (Å²) >= 11 is 0. The summed E-state index contributed by atoms with van der Waals surface area (Å²) in [5.74, 6) is 0.564.